The van der Waals surface area contributed by atoms with Gasteiger partial charge in [-0.1, -0.05) is 12.1 Å². The number of benzene rings is 1. The van der Waals surface area contributed by atoms with Crippen LogP contribution >= 0.6 is 0 Å². The summed E-state index contributed by atoms with van der Waals surface area (Å²) in [5.41, 5.74) is 6.68. The van der Waals surface area contributed by atoms with E-state index in [2.05, 4.69) is 34.7 Å². The second-order valence-corrected chi connectivity index (χ2v) is 4.40. The summed E-state index contributed by atoms with van der Waals surface area (Å²) in [7, 11) is 0. The highest BCUT2D eigenvalue weighted by Crippen LogP contribution is 2.14. The van der Waals surface area contributed by atoms with Crippen molar-refractivity contribution in [1.29, 1.82) is 0 Å². The van der Waals surface area contributed by atoms with Gasteiger partial charge in [0.15, 0.2) is 0 Å². The van der Waals surface area contributed by atoms with Gasteiger partial charge >= 0.3 is 0 Å². The van der Waals surface area contributed by atoms with Gasteiger partial charge in [-0.25, -0.2) is 0 Å². The molecule has 3 heteroatoms. The Labute approximate surface area is 106 Å². The fourth-order valence-electron chi connectivity index (χ4n) is 2.01. The Morgan fingerprint density at radius 3 is 2.78 bits per heavy atom. The van der Waals surface area contributed by atoms with Gasteiger partial charge in [0.2, 0.25) is 0 Å². The highest BCUT2D eigenvalue weighted by molar-refractivity contribution is 5.79. The van der Waals surface area contributed by atoms with Crippen LogP contribution < -0.4 is 5.43 Å². The van der Waals surface area contributed by atoms with Crippen LogP contribution in [0.5, 0.6) is 0 Å². The zero-order chi connectivity index (χ0) is 12.4. The summed E-state index contributed by atoms with van der Waals surface area (Å²) in [6.07, 6.45) is 3.98. The fraction of sp³-hybridized carbons (Fsp3) is 0.133. The van der Waals surface area contributed by atoms with Crippen molar-refractivity contribution in [2.45, 2.75) is 13.5 Å². The van der Waals surface area contributed by atoms with Crippen molar-refractivity contribution < 1.29 is 0 Å². The molecule has 0 atom stereocenters. The lowest BCUT2D eigenvalue weighted by molar-refractivity contribution is 0.848. The summed E-state index contributed by atoms with van der Waals surface area (Å²) in [6.45, 7) is 2.82. The van der Waals surface area contributed by atoms with Gasteiger partial charge in [0.1, 0.15) is 0 Å². The second kappa shape index (κ2) is 4.53. The number of aromatic nitrogens is 2. The average Bonchev–Trinajstić information content (AvgIpc) is 2.89. The molecule has 2 heterocycles. The number of rotatable bonds is 3. The van der Waals surface area contributed by atoms with Gasteiger partial charge in [0.05, 0.1) is 12.1 Å². The predicted molar refractivity (Wildman–Crippen MR) is 74.0 cm³/mol. The molecule has 2 aromatic heterocycles. The molecular weight excluding hydrogens is 222 g/mol. The zero-order valence-corrected chi connectivity index (χ0v) is 10.3. The molecule has 1 N–H and O–H groups in total. The van der Waals surface area contributed by atoms with E-state index in [4.69, 9.17) is 0 Å². The largest absolute Gasteiger partial charge is 0.322 e. The number of nitrogens with one attached hydrogen (secondary N) is 1. The van der Waals surface area contributed by atoms with Gasteiger partial charge in [0, 0.05) is 23.5 Å². The number of nitrogens with zero attached hydrogens (tertiary/aromatic N) is 2. The lowest BCUT2D eigenvalue weighted by Gasteiger charge is -2.08. The number of pyridine rings is 1. The van der Waals surface area contributed by atoms with Gasteiger partial charge in [-0.2, -0.15) is 0 Å². The normalized spacial score (nSPS) is 10.7. The van der Waals surface area contributed by atoms with Crippen LogP contribution in [-0.2, 0) is 6.54 Å². The topological polar surface area (TPSA) is 29.9 Å². The number of aryl methyl sites for hydroxylation is 1. The van der Waals surface area contributed by atoms with E-state index >= 15 is 0 Å². The SMILES string of the molecule is Cc1ccc2cc(CNn3cccc3)ccc2n1. The van der Waals surface area contributed by atoms with E-state index in [-0.39, 0.29) is 0 Å². The number of hydrogen-bond donors (Lipinski definition) is 1. The van der Waals surface area contributed by atoms with Crippen LogP contribution in [0.25, 0.3) is 10.9 Å². The molecular formula is C15H15N3. The van der Waals surface area contributed by atoms with Gasteiger partial charge in [-0.15, -0.1) is 0 Å². The molecule has 0 bridgehead atoms. The van der Waals surface area contributed by atoms with Crippen LogP contribution in [0.15, 0.2) is 54.9 Å². The molecule has 3 nitrogen and oxygen atoms in total. The Morgan fingerprint density at radius 1 is 1.11 bits per heavy atom. The first-order chi connectivity index (χ1) is 8.81. The summed E-state index contributed by atoms with van der Waals surface area (Å²) < 4.78 is 1.96. The molecule has 1 aromatic carbocycles. The first-order valence-corrected chi connectivity index (χ1v) is 6.04. The van der Waals surface area contributed by atoms with Gasteiger partial charge in [0.25, 0.3) is 0 Å². The van der Waals surface area contributed by atoms with Crippen LogP contribution in [0.3, 0.4) is 0 Å². The Bertz CT molecular complexity index is 657. The van der Waals surface area contributed by atoms with Gasteiger partial charge in [-0.05, 0) is 42.8 Å². The third-order valence-electron chi connectivity index (χ3n) is 2.96. The lowest BCUT2D eigenvalue weighted by Crippen LogP contribution is -2.11. The Morgan fingerprint density at radius 2 is 1.94 bits per heavy atom. The molecule has 0 spiro atoms. The van der Waals surface area contributed by atoms with Crippen LogP contribution in [0.1, 0.15) is 11.3 Å². The van der Waals surface area contributed by atoms with Gasteiger partial charge in [-0.3, -0.25) is 9.66 Å². The number of hydrogen-bond acceptors (Lipinski definition) is 2. The molecule has 0 aliphatic heterocycles. The molecule has 3 aromatic rings. The summed E-state index contributed by atoms with van der Waals surface area (Å²) in [4.78, 5) is 4.50. The molecule has 0 unspecified atom stereocenters. The first kappa shape index (κ1) is 10.8. The molecule has 0 saturated heterocycles. The molecule has 0 aliphatic carbocycles. The van der Waals surface area contributed by atoms with Crippen LogP contribution in [0.2, 0.25) is 0 Å². The molecule has 0 amide bonds. The minimum absolute atomic E-state index is 0.804. The molecule has 0 aliphatic rings. The van der Waals surface area contributed by atoms with Crippen molar-refractivity contribution in [2.75, 3.05) is 5.43 Å². The third-order valence-corrected chi connectivity index (χ3v) is 2.96. The smallest absolute Gasteiger partial charge is 0.0705 e. The quantitative estimate of drug-likeness (QED) is 0.758. The van der Waals surface area contributed by atoms with E-state index in [1.807, 2.05) is 42.2 Å². The highest BCUT2D eigenvalue weighted by Gasteiger charge is 1.98. The molecule has 0 radical (unpaired) electrons. The lowest BCUT2D eigenvalue weighted by atomic mass is 10.1. The minimum atomic E-state index is 0.804. The van der Waals surface area contributed by atoms with E-state index in [1.165, 1.54) is 10.9 Å². The zero-order valence-electron chi connectivity index (χ0n) is 10.3. The minimum Gasteiger partial charge on any atom is -0.322 e. The predicted octanol–water partition coefficient (Wildman–Crippen LogP) is 3.09. The molecule has 18 heavy (non-hydrogen) atoms. The summed E-state index contributed by atoms with van der Waals surface area (Å²) in [5.74, 6) is 0. The van der Waals surface area contributed by atoms with Crippen LogP contribution in [0.4, 0.5) is 0 Å². The summed E-state index contributed by atoms with van der Waals surface area (Å²) >= 11 is 0. The maximum Gasteiger partial charge on any atom is 0.0705 e. The third kappa shape index (κ3) is 2.20. The van der Waals surface area contributed by atoms with Crippen molar-refractivity contribution in [3.8, 4) is 0 Å². The second-order valence-electron chi connectivity index (χ2n) is 4.40. The molecule has 0 fully saturated rings. The van der Waals surface area contributed by atoms with Crippen molar-refractivity contribution >= 4 is 10.9 Å². The van der Waals surface area contributed by atoms with Crippen molar-refractivity contribution in [3.05, 3.63) is 66.1 Å². The van der Waals surface area contributed by atoms with E-state index in [0.717, 1.165) is 17.8 Å². The molecule has 90 valence electrons. The summed E-state index contributed by atoms with van der Waals surface area (Å²) in [6, 6.07) is 14.5. The van der Waals surface area contributed by atoms with Crippen molar-refractivity contribution in [3.63, 3.8) is 0 Å². The first-order valence-electron chi connectivity index (χ1n) is 6.04. The fourth-order valence-corrected chi connectivity index (χ4v) is 2.01. The van der Waals surface area contributed by atoms with Gasteiger partial charge < -0.3 is 5.43 Å². The van der Waals surface area contributed by atoms with E-state index in [9.17, 15) is 0 Å². The van der Waals surface area contributed by atoms with Crippen molar-refractivity contribution in [2.24, 2.45) is 0 Å². The van der Waals surface area contributed by atoms with E-state index in [1.54, 1.807) is 0 Å². The Kier molecular flexibility index (Phi) is 2.73. The summed E-state index contributed by atoms with van der Waals surface area (Å²) in [5, 5.41) is 1.19. The maximum absolute atomic E-state index is 4.50. The standard InChI is InChI=1S/C15H15N3/c1-12-4-6-14-10-13(5-7-15(14)17-12)11-16-18-8-2-3-9-18/h2-10,16H,11H2,1H3. The number of fused-ring (bicyclic) bond motifs is 1. The van der Waals surface area contributed by atoms with Crippen LogP contribution in [-0.4, -0.2) is 9.66 Å². The average molecular weight is 237 g/mol. The monoisotopic (exact) mass is 237 g/mol. The van der Waals surface area contributed by atoms with Crippen LogP contribution in [0, 0.1) is 6.92 Å². The Balaban J connectivity index is 1.82. The van der Waals surface area contributed by atoms with Crippen molar-refractivity contribution in [1.82, 2.24) is 9.66 Å². The van der Waals surface area contributed by atoms with E-state index in [0.29, 0.717) is 0 Å². The maximum atomic E-state index is 4.50. The molecule has 3 rings (SSSR count). The molecule has 0 saturated carbocycles. The Hall–Kier alpha value is -2.29. The highest BCUT2D eigenvalue weighted by atomic mass is 15.4. The van der Waals surface area contributed by atoms with E-state index < -0.39 is 0 Å².